The molecule has 4 aromatic rings. The van der Waals surface area contributed by atoms with Gasteiger partial charge in [-0.3, -0.25) is 9.48 Å². The van der Waals surface area contributed by atoms with Crippen molar-refractivity contribution in [1.29, 1.82) is 0 Å². The van der Waals surface area contributed by atoms with E-state index in [1.807, 2.05) is 62.2 Å². The Bertz CT molecular complexity index is 1250. The van der Waals surface area contributed by atoms with Crippen molar-refractivity contribution in [3.8, 4) is 11.3 Å². The maximum atomic E-state index is 13.6. The Morgan fingerprint density at radius 1 is 1.10 bits per heavy atom. The predicted molar refractivity (Wildman–Crippen MR) is 116 cm³/mol. The molecule has 158 valence electrons. The van der Waals surface area contributed by atoms with Gasteiger partial charge in [0.05, 0.1) is 22.3 Å². The Balaban J connectivity index is 1.48. The lowest BCUT2D eigenvalue weighted by Gasteiger charge is -2.30. The quantitative estimate of drug-likeness (QED) is 0.506. The van der Waals surface area contributed by atoms with Crippen LogP contribution in [0.15, 0.2) is 40.9 Å². The highest BCUT2D eigenvalue weighted by Crippen LogP contribution is 2.31. The van der Waals surface area contributed by atoms with Gasteiger partial charge >= 0.3 is 0 Å². The van der Waals surface area contributed by atoms with E-state index >= 15 is 0 Å². The van der Waals surface area contributed by atoms with Gasteiger partial charge in [0.2, 0.25) is 5.89 Å². The molecule has 1 fully saturated rings. The molecule has 0 radical (unpaired) electrons. The molecule has 1 saturated heterocycles. The van der Waals surface area contributed by atoms with Gasteiger partial charge < -0.3 is 9.42 Å². The molecule has 1 amide bonds. The largest absolute Gasteiger partial charge is 0.339 e. The molecule has 0 saturated carbocycles. The van der Waals surface area contributed by atoms with Crippen LogP contribution in [0.4, 0.5) is 0 Å². The average molecular weight is 416 g/mol. The molecular formula is C23H24N6O2. The Morgan fingerprint density at radius 3 is 2.52 bits per heavy atom. The number of carbonyl (C=O) groups excluding carboxylic acids is 1. The first-order valence-electron chi connectivity index (χ1n) is 10.5. The maximum Gasteiger partial charge on any atom is 0.254 e. The number of pyridine rings is 1. The molecule has 1 aliphatic rings. The molecule has 0 aliphatic carbocycles. The van der Waals surface area contributed by atoms with Gasteiger partial charge in [0.1, 0.15) is 0 Å². The first kappa shape index (κ1) is 19.4. The molecule has 0 spiro atoms. The van der Waals surface area contributed by atoms with Crippen LogP contribution in [0, 0.1) is 13.8 Å². The third-order valence-electron chi connectivity index (χ3n) is 5.94. The summed E-state index contributed by atoms with van der Waals surface area (Å²) in [7, 11) is 1.86. The highest BCUT2D eigenvalue weighted by molar-refractivity contribution is 6.07. The summed E-state index contributed by atoms with van der Waals surface area (Å²) in [6.07, 6.45) is 1.61. The standard InChI is InChI=1S/C23H24N6O2/c1-14-20-18(13-19(16-7-5-4-6-8-16)25-21(20)28(3)26-14)23(30)29-11-9-17(10-12-29)22-24-15(2)27-31-22/h4-8,13,17H,9-12H2,1-3H3. The van der Waals surface area contributed by atoms with Gasteiger partial charge in [0, 0.05) is 31.6 Å². The minimum absolute atomic E-state index is 0.0147. The number of aryl methyl sites for hydroxylation is 3. The first-order chi connectivity index (χ1) is 15.0. The normalized spacial score (nSPS) is 15.0. The SMILES string of the molecule is Cc1noc(C2CCN(C(=O)c3cc(-c4ccccc4)nc4c3c(C)nn4C)CC2)n1. The van der Waals surface area contributed by atoms with Crippen LogP contribution in [-0.4, -0.2) is 48.8 Å². The zero-order valence-corrected chi connectivity index (χ0v) is 17.9. The van der Waals surface area contributed by atoms with Crippen molar-refractivity contribution in [3.05, 3.63) is 59.4 Å². The van der Waals surface area contributed by atoms with Crippen LogP contribution in [0.2, 0.25) is 0 Å². The van der Waals surface area contributed by atoms with Crippen LogP contribution < -0.4 is 0 Å². The lowest BCUT2D eigenvalue weighted by atomic mass is 9.95. The predicted octanol–water partition coefficient (Wildman–Crippen LogP) is 3.65. The Morgan fingerprint density at radius 2 is 1.84 bits per heavy atom. The fraction of sp³-hybridized carbons (Fsp3) is 0.348. The van der Waals surface area contributed by atoms with Crippen LogP contribution in [0.1, 0.15) is 46.5 Å². The summed E-state index contributed by atoms with van der Waals surface area (Å²) in [5.41, 5.74) is 3.93. The summed E-state index contributed by atoms with van der Waals surface area (Å²) in [4.78, 5) is 24.7. The van der Waals surface area contributed by atoms with E-state index in [1.165, 1.54) is 0 Å². The molecular weight excluding hydrogens is 392 g/mol. The van der Waals surface area contributed by atoms with Crippen LogP contribution in [0.25, 0.3) is 22.3 Å². The number of fused-ring (bicyclic) bond motifs is 1. The first-order valence-corrected chi connectivity index (χ1v) is 10.5. The van der Waals surface area contributed by atoms with Crippen molar-refractivity contribution >= 4 is 16.9 Å². The fourth-order valence-electron chi connectivity index (χ4n) is 4.35. The molecule has 1 aromatic carbocycles. The summed E-state index contributed by atoms with van der Waals surface area (Å²) in [5.74, 6) is 1.53. The molecule has 0 N–H and O–H groups in total. The van der Waals surface area contributed by atoms with E-state index in [9.17, 15) is 4.79 Å². The number of aromatic nitrogens is 5. The van der Waals surface area contributed by atoms with Crippen LogP contribution in [-0.2, 0) is 7.05 Å². The van der Waals surface area contributed by atoms with E-state index in [4.69, 9.17) is 9.51 Å². The lowest BCUT2D eigenvalue weighted by molar-refractivity contribution is 0.0706. The molecule has 31 heavy (non-hydrogen) atoms. The van der Waals surface area contributed by atoms with Gasteiger partial charge in [0.25, 0.3) is 5.91 Å². The van der Waals surface area contributed by atoms with Crippen molar-refractivity contribution in [3.63, 3.8) is 0 Å². The number of piperidine rings is 1. The third kappa shape index (κ3) is 3.48. The number of nitrogens with zero attached hydrogens (tertiary/aromatic N) is 6. The number of likely N-dealkylation sites (tertiary alicyclic amines) is 1. The number of rotatable bonds is 3. The van der Waals surface area contributed by atoms with Crippen LogP contribution >= 0.6 is 0 Å². The zero-order valence-electron chi connectivity index (χ0n) is 17.9. The second kappa shape index (κ2) is 7.61. The smallest absolute Gasteiger partial charge is 0.254 e. The second-order valence-corrected chi connectivity index (χ2v) is 8.08. The lowest BCUT2D eigenvalue weighted by Crippen LogP contribution is -2.38. The molecule has 4 heterocycles. The average Bonchev–Trinajstić information content (AvgIpc) is 3.36. The molecule has 0 atom stereocenters. The number of hydrogen-bond donors (Lipinski definition) is 0. The summed E-state index contributed by atoms with van der Waals surface area (Å²) < 4.78 is 7.09. The summed E-state index contributed by atoms with van der Waals surface area (Å²) in [6.45, 7) is 5.04. The van der Waals surface area contributed by atoms with Gasteiger partial charge in [-0.15, -0.1) is 0 Å². The van der Waals surface area contributed by atoms with E-state index in [0.29, 0.717) is 30.4 Å². The number of benzene rings is 1. The van der Waals surface area contributed by atoms with Crippen LogP contribution in [0.5, 0.6) is 0 Å². The summed E-state index contributed by atoms with van der Waals surface area (Å²) in [5, 5.41) is 9.24. The van der Waals surface area contributed by atoms with Gasteiger partial charge in [-0.25, -0.2) is 4.98 Å². The van der Waals surface area contributed by atoms with Gasteiger partial charge in [0.15, 0.2) is 11.5 Å². The molecule has 8 heteroatoms. The zero-order chi connectivity index (χ0) is 21.5. The highest BCUT2D eigenvalue weighted by Gasteiger charge is 2.29. The number of amides is 1. The minimum Gasteiger partial charge on any atom is -0.339 e. The van der Waals surface area contributed by atoms with E-state index in [2.05, 4.69) is 15.2 Å². The van der Waals surface area contributed by atoms with E-state index in [-0.39, 0.29) is 11.8 Å². The minimum atomic E-state index is 0.0147. The second-order valence-electron chi connectivity index (χ2n) is 8.08. The van der Waals surface area contributed by atoms with E-state index in [1.54, 1.807) is 4.68 Å². The van der Waals surface area contributed by atoms with Gasteiger partial charge in [-0.1, -0.05) is 35.5 Å². The highest BCUT2D eigenvalue weighted by atomic mass is 16.5. The fourth-order valence-corrected chi connectivity index (χ4v) is 4.35. The molecule has 0 unspecified atom stereocenters. The van der Waals surface area contributed by atoms with Gasteiger partial charge in [-0.2, -0.15) is 10.1 Å². The van der Waals surface area contributed by atoms with E-state index < -0.39 is 0 Å². The van der Waals surface area contributed by atoms with Crippen molar-refractivity contribution < 1.29 is 9.32 Å². The summed E-state index contributed by atoms with van der Waals surface area (Å²) in [6, 6.07) is 11.8. The van der Waals surface area contributed by atoms with Gasteiger partial charge in [-0.05, 0) is 32.8 Å². The van der Waals surface area contributed by atoms with Crippen LogP contribution in [0.3, 0.4) is 0 Å². The Kier molecular flexibility index (Phi) is 4.77. The van der Waals surface area contributed by atoms with Crippen molar-refractivity contribution in [1.82, 2.24) is 29.8 Å². The van der Waals surface area contributed by atoms with Crippen molar-refractivity contribution in [2.75, 3.05) is 13.1 Å². The molecule has 5 rings (SSSR count). The number of carbonyl (C=O) groups is 1. The van der Waals surface area contributed by atoms with Crippen molar-refractivity contribution in [2.24, 2.45) is 7.05 Å². The topological polar surface area (TPSA) is 89.9 Å². The molecule has 1 aliphatic heterocycles. The third-order valence-corrected chi connectivity index (χ3v) is 5.94. The maximum absolute atomic E-state index is 13.6. The summed E-state index contributed by atoms with van der Waals surface area (Å²) >= 11 is 0. The molecule has 8 nitrogen and oxygen atoms in total. The monoisotopic (exact) mass is 416 g/mol. The molecule has 3 aromatic heterocycles. The molecule has 0 bridgehead atoms. The Labute approximate surface area is 179 Å². The van der Waals surface area contributed by atoms with E-state index in [0.717, 1.165) is 40.8 Å². The van der Waals surface area contributed by atoms with Crippen molar-refractivity contribution in [2.45, 2.75) is 32.6 Å². The number of hydrogen-bond acceptors (Lipinski definition) is 6. The Hall–Kier alpha value is -3.55.